The van der Waals surface area contributed by atoms with Crippen molar-refractivity contribution in [3.8, 4) is 11.4 Å². The summed E-state index contributed by atoms with van der Waals surface area (Å²) < 4.78 is 7.66. The number of rotatable bonds is 5. The summed E-state index contributed by atoms with van der Waals surface area (Å²) in [7, 11) is 0. The minimum atomic E-state index is -0.0913. The van der Waals surface area contributed by atoms with E-state index in [-0.39, 0.29) is 18.6 Å². The Hall–Kier alpha value is -1.99. The molecule has 0 bridgehead atoms. The van der Waals surface area contributed by atoms with Gasteiger partial charge in [0.2, 0.25) is 5.91 Å². The predicted octanol–water partition coefficient (Wildman–Crippen LogP) is 2.21. The first-order valence-corrected chi connectivity index (χ1v) is 8.15. The standard InChI is InChI=1S/C16H20N4O2S/c1-11-4-6-12(7-5-11)15-18-19-16(23)20(15)10-14(21)17-9-13-3-2-8-22-13/h4-7,13H,2-3,8-10H2,1H3,(H,17,21)(H,19,23)/t13-/m0/s1. The number of hydrogen-bond acceptors (Lipinski definition) is 4. The molecular weight excluding hydrogens is 312 g/mol. The molecule has 3 rings (SSSR count). The van der Waals surface area contributed by atoms with Crippen LogP contribution in [0.3, 0.4) is 0 Å². The predicted molar refractivity (Wildman–Crippen MR) is 89.6 cm³/mol. The Morgan fingerprint density at radius 1 is 1.48 bits per heavy atom. The Kier molecular flexibility index (Phi) is 4.88. The van der Waals surface area contributed by atoms with Gasteiger partial charge in [-0.3, -0.25) is 14.5 Å². The van der Waals surface area contributed by atoms with E-state index in [0.29, 0.717) is 17.1 Å². The molecule has 1 aliphatic rings. The summed E-state index contributed by atoms with van der Waals surface area (Å²) in [6.45, 7) is 3.50. The number of aromatic amines is 1. The summed E-state index contributed by atoms with van der Waals surface area (Å²) in [5.41, 5.74) is 2.10. The molecule has 0 saturated carbocycles. The van der Waals surface area contributed by atoms with Gasteiger partial charge in [0.25, 0.3) is 0 Å². The van der Waals surface area contributed by atoms with E-state index in [1.54, 1.807) is 4.57 Å². The van der Waals surface area contributed by atoms with Crippen LogP contribution in [0.15, 0.2) is 24.3 Å². The number of benzene rings is 1. The molecule has 1 aliphatic heterocycles. The van der Waals surface area contributed by atoms with Crippen molar-refractivity contribution in [2.75, 3.05) is 13.2 Å². The van der Waals surface area contributed by atoms with Crippen molar-refractivity contribution >= 4 is 18.1 Å². The second-order valence-electron chi connectivity index (χ2n) is 5.74. The maximum Gasteiger partial charge on any atom is 0.240 e. The van der Waals surface area contributed by atoms with Gasteiger partial charge in [-0.05, 0) is 32.0 Å². The van der Waals surface area contributed by atoms with Crippen molar-refractivity contribution in [1.29, 1.82) is 0 Å². The van der Waals surface area contributed by atoms with Crippen molar-refractivity contribution in [1.82, 2.24) is 20.1 Å². The lowest BCUT2D eigenvalue weighted by molar-refractivity contribution is -0.122. The zero-order valence-electron chi connectivity index (χ0n) is 13.0. The van der Waals surface area contributed by atoms with Crippen LogP contribution in [-0.4, -0.2) is 39.9 Å². The SMILES string of the molecule is Cc1ccc(-c2n[nH]c(=S)n2CC(=O)NC[C@@H]2CCCO2)cc1. The summed E-state index contributed by atoms with van der Waals surface area (Å²) in [4.78, 5) is 12.2. The maximum absolute atomic E-state index is 12.2. The van der Waals surface area contributed by atoms with Crippen LogP contribution < -0.4 is 5.32 Å². The highest BCUT2D eigenvalue weighted by molar-refractivity contribution is 7.71. The lowest BCUT2D eigenvalue weighted by Crippen LogP contribution is -2.34. The Balaban J connectivity index is 1.69. The van der Waals surface area contributed by atoms with E-state index in [9.17, 15) is 4.79 Å². The number of ether oxygens (including phenoxy) is 1. The van der Waals surface area contributed by atoms with Crippen LogP contribution in [0.25, 0.3) is 11.4 Å². The van der Waals surface area contributed by atoms with E-state index in [0.717, 1.165) is 25.0 Å². The number of aryl methyl sites for hydroxylation is 1. The van der Waals surface area contributed by atoms with Gasteiger partial charge < -0.3 is 10.1 Å². The Morgan fingerprint density at radius 2 is 2.26 bits per heavy atom. The molecule has 122 valence electrons. The van der Waals surface area contributed by atoms with Gasteiger partial charge in [0, 0.05) is 18.7 Å². The first-order chi connectivity index (χ1) is 11.1. The molecule has 2 N–H and O–H groups in total. The molecule has 2 heterocycles. The molecule has 1 aromatic heterocycles. The molecule has 7 heteroatoms. The van der Waals surface area contributed by atoms with Gasteiger partial charge in [-0.15, -0.1) is 0 Å². The highest BCUT2D eigenvalue weighted by atomic mass is 32.1. The van der Waals surface area contributed by atoms with Gasteiger partial charge in [0.05, 0.1) is 6.10 Å². The molecule has 0 unspecified atom stereocenters. The molecule has 1 saturated heterocycles. The Bertz CT molecular complexity index is 729. The van der Waals surface area contributed by atoms with Gasteiger partial charge in [0.1, 0.15) is 6.54 Å². The largest absolute Gasteiger partial charge is 0.376 e. The lowest BCUT2D eigenvalue weighted by atomic mass is 10.1. The third kappa shape index (κ3) is 3.86. The first-order valence-electron chi connectivity index (χ1n) is 7.74. The number of H-pyrrole nitrogens is 1. The van der Waals surface area contributed by atoms with Gasteiger partial charge in [-0.2, -0.15) is 5.10 Å². The number of carbonyl (C=O) groups is 1. The minimum Gasteiger partial charge on any atom is -0.376 e. The van der Waals surface area contributed by atoms with E-state index < -0.39 is 0 Å². The molecular formula is C16H20N4O2S. The molecule has 0 spiro atoms. The van der Waals surface area contributed by atoms with E-state index >= 15 is 0 Å². The van der Waals surface area contributed by atoms with Crippen molar-refractivity contribution in [2.24, 2.45) is 0 Å². The van der Waals surface area contributed by atoms with E-state index in [1.807, 2.05) is 31.2 Å². The zero-order chi connectivity index (χ0) is 16.2. The van der Waals surface area contributed by atoms with Crippen LogP contribution in [0.2, 0.25) is 0 Å². The fraction of sp³-hybridized carbons (Fsp3) is 0.438. The Labute approximate surface area is 139 Å². The summed E-state index contributed by atoms with van der Waals surface area (Å²) in [5, 5.41) is 9.92. The third-order valence-corrected chi connectivity index (χ3v) is 4.23. The molecule has 0 aliphatic carbocycles. The van der Waals surface area contributed by atoms with E-state index in [1.165, 1.54) is 5.56 Å². The van der Waals surface area contributed by atoms with Crippen LogP contribution in [0, 0.1) is 11.7 Å². The lowest BCUT2D eigenvalue weighted by Gasteiger charge is -2.12. The number of nitrogens with zero attached hydrogens (tertiary/aromatic N) is 2. The number of carbonyl (C=O) groups excluding carboxylic acids is 1. The van der Waals surface area contributed by atoms with Crippen LogP contribution in [0.5, 0.6) is 0 Å². The monoisotopic (exact) mass is 332 g/mol. The number of hydrogen-bond donors (Lipinski definition) is 2. The highest BCUT2D eigenvalue weighted by Gasteiger charge is 2.17. The quantitative estimate of drug-likeness (QED) is 0.824. The topological polar surface area (TPSA) is 71.9 Å². The minimum absolute atomic E-state index is 0.0913. The average molecular weight is 332 g/mol. The molecule has 1 fully saturated rings. The molecule has 0 radical (unpaired) electrons. The molecule has 1 aromatic carbocycles. The molecule has 6 nitrogen and oxygen atoms in total. The molecule has 1 amide bonds. The van der Waals surface area contributed by atoms with Crippen LogP contribution in [0.1, 0.15) is 18.4 Å². The average Bonchev–Trinajstić information content (AvgIpc) is 3.17. The van der Waals surface area contributed by atoms with Crippen LogP contribution in [0.4, 0.5) is 0 Å². The number of nitrogens with one attached hydrogen (secondary N) is 2. The molecule has 23 heavy (non-hydrogen) atoms. The van der Waals surface area contributed by atoms with Crippen LogP contribution >= 0.6 is 12.2 Å². The first kappa shape index (κ1) is 15.9. The summed E-state index contributed by atoms with van der Waals surface area (Å²) in [5.74, 6) is 0.577. The maximum atomic E-state index is 12.2. The highest BCUT2D eigenvalue weighted by Crippen LogP contribution is 2.18. The zero-order valence-corrected chi connectivity index (χ0v) is 13.9. The Morgan fingerprint density at radius 3 is 2.96 bits per heavy atom. The fourth-order valence-electron chi connectivity index (χ4n) is 2.62. The normalized spacial score (nSPS) is 17.3. The fourth-order valence-corrected chi connectivity index (χ4v) is 2.82. The third-order valence-electron chi connectivity index (χ3n) is 3.92. The molecule has 1 atom stereocenters. The number of amides is 1. The van der Waals surface area contributed by atoms with Gasteiger partial charge in [0.15, 0.2) is 10.6 Å². The van der Waals surface area contributed by atoms with Crippen molar-refractivity contribution in [3.63, 3.8) is 0 Å². The van der Waals surface area contributed by atoms with Crippen molar-refractivity contribution < 1.29 is 9.53 Å². The molecule has 2 aromatic rings. The summed E-state index contributed by atoms with van der Waals surface area (Å²) >= 11 is 5.25. The summed E-state index contributed by atoms with van der Waals surface area (Å²) in [6.07, 6.45) is 2.19. The smallest absolute Gasteiger partial charge is 0.240 e. The van der Waals surface area contributed by atoms with E-state index in [4.69, 9.17) is 17.0 Å². The second kappa shape index (κ2) is 7.06. The van der Waals surface area contributed by atoms with Gasteiger partial charge >= 0.3 is 0 Å². The van der Waals surface area contributed by atoms with Crippen LogP contribution in [-0.2, 0) is 16.1 Å². The van der Waals surface area contributed by atoms with Gasteiger partial charge in [-0.25, -0.2) is 0 Å². The van der Waals surface area contributed by atoms with E-state index in [2.05, 4.69) is 15.5 Å². The summed E-state index contributed by atoms with van der Waals surface area (Å²) in [6, 6.07) is 7.96. The number of aromatic nitrogens is 3. The van der Waals surface area contributed by atoms with Crippen molar-refractivity contribution in [3.05, 3.63) is 34.6 Å². The second-order valence-corrected chi connectivity index (χ2v) is 6.13. The van der Waals surface area contributed by atoms with Gasteiger partial charge in [-0.1, -0.05) is 29.8 Å². The van der Waals surface area contributed by atoms with Crippen molar-refractivity contribution in [2.45, 2.75) is 32.4 Å².